The van der Waals surface area contributed by atoms with Crippen LogP contribution in [-0.2, 0) is 4.79 Å². The standard InChI is InChI=1S/C12H15NO4/c1-8-4-5-9(12(15)16)7-13(8)11(14)10-3-2-6-17-10/h2-3,6,8-9H,4-5,7H2,1H3,(H,15,16). The number of carboxylic acids is 1. The Bertz CT molecular complexity index is 412. The first kappa shape index (κ1) is 11.7. The van der Waals surface area contributed by atoms with E-state index >= 15 is 0 Å². The van der Waals surface area contributed by atoms with Crippen molar-refractivity contribution in [1.82, 2.24) is 4.90 Å². The lowest BCUT2D eigenvalue weighted by molar-refractivity contribution is -0.143. The summed E-state index contributed by atoms with van der Waals surface area (Å²) in [6.45, 7) is 2.19. The van der Waals surface area contributed by atoms with Crippen molar-refractivity contribution < 1.29 is 19.1 Å². The second-order valence-electron chi connectivity index (χ2n) is 4.40. The van der Waals surface area contributed by atoms with E-state index in [1.807, 2.05) is 6.92 Å². The number of hydrogen-bond acceptors (Lipinski definition) is 3. The Morgan fingerprint density at radius 3 is 2.82 bits per heavy atom. The molecule has 0 radical (unpaired) electrons. The molecule has 1 fully saturated rings. The fourth-order valence-corrected chi connectivity index (χ4v) is 2.13. The van der Waals surface area contributed by atoms with Crippen molar-refractivity contribution in [3.8, 4) is 0 Å². The third-order valence-electron chi connectivity index (χ3n) is 3.22. The fourth-order valence-electron chi connectivity index (χ4n) is 2.13. The van der Waals surface area contributed by atoms with Crippen molar-refractivity contribution in [3.63, 3.8) is 0 Å². The first-order valence-corrected chi connectivity index (χ1v) is 5.67. The summed E-state index contributed by atoms with van der Waals surface area (Å²) in [6, 6.07) is 3.30. The highest BCUT2D eigenvalue weighted by Gasteiger charge is 2.33. The minimum absolute atomic E-state index is 0.0585. The molecule has 5 nitrogen and oxygen atoms in total. The van der Waals surface area contributed by atoms with Crippen LogP contribution in [0.25, 0.3) is 0 Å². The van der Waals surface area contributed by atoms with Gasteiger partial charge in [-0.05, 0) is 31.9 Å². The predicted octanol–water partition coefficient (Wildman–Crippen LogP) is 1.60. The van der Waals surface area contributed by atoms with Gasteiger partial charge in [0, 0.05) is 12.6 Å². The van der Waals surface area contributed by atoms with Gasteiger partial charge in [0.05, 0.1) is 12.2 Å². The molecule has 1 aliphatic heterocycles. The Balaban J connectivity index is 2.13. The minimum Gasteiger partial charge on any atom is -0.481 e. The quantitative estimate of drug-likeness (QED) is 0.848. The van der Waals surface area contributed by atoms with Crippen LogP contribution in [0.2, 0.25) is 0 Å². The van der Waals surface area contributed by atoms with E-state index in [0.717, 1.165) is 0 Å². The van der Waals surface area contributed by atoms with E-state index in [1.165, 1.54) is 6.26 Å². The number of carbonyl (C=O) groups excluding carboxylic acids is 1. The smallest absolute Gasteiger partial charge is 0.308 e. The van der Waals surface area contributed by atoms with Gasteiger partial charge in [-0.15, -0.1) is 0 Å². The Morgan fingerprint density at radius 1 is 1.47 bits per heavy atom. The Kier molecular flexibility index (Phi) is 3.17. The van der Waals surface area contributed by atoms with Crippen molar-refractivity contribution in [2.75, 3.05) is 6.54 Å². The minimum atomic E-state index is -0.839. The number of carbonyl (C=O) groups is 2. The normalized spacial score (nSPS) is 24.6. The second kappa shape index (κ2) is 4.61. The zero-order valence-corrected chi connectivity index (χ0v) is 9.63. The number of carboxylic acid groups (broad SMARTS) is 1. The van der Waals surface area contributed by atoms with Gasteiger partial charge in [0.1, 0.15) is 0 Å². The van der Waals surface area contributed by atoms with E-state index in [0.29, 0.717) is 12.8 Å². The molecule has 2 unspecified atom stereocenters. The molecule has 1 aliphatic rings. The number of furan rings is 1. The van der Waals surface area contributed by atoms with Crippen LogP contribution in [0.4, 0.5) is 0 Å². The molecule has 1 N–H and O–H groups in total. The molecule has 2 heterocycles. The Labute approximate surface area is 99.0 Å². The average Bonchev–Trinajstić information content (AvgIpc) is 2.81. The maximum absolute atomic E-state index is 12.1. The molecule has 0 aromatic carbocycles. The van der Waals surface area contributed by atoms with E-state index < -0.39 is 11.9 Å². The van der Waals surface area contributed by atoms with Gasteiger partial charge in [0.25, 0.3) is 5.91 Å². The SMILES string of the molecule is CC1CCC(C(=O)O)CN1C(=O)c1ccco1. The number of aliphatic carboxylic acids is 1. The van der Waals surface area contributed by atoms with E-state index in [1.54, 1.807) is 17.0 Å². The van der Waals surface area contributed by atoms with E-state index in [2.05, 4.69) is 0 Å². The molecule has 17 heavy (non-hydrogen) atoms. The Morgan fingerprint density at radius 2 is 2.24 bits per heavy atom. The van der Waals surface area contributed by atoms with Crippen LogP contribution in [0.15, 0.2) is 22.8 Å². The number of likely N-dealkylation sites (tertiary alicyclic amines) is 1. The van der Waals surface area contributed by atoms with Crippen molar-refractivity contribution in [2.45, 2.75) is 25.8 Å². The van der Waals surface area contributed by atoms with Gasteiger partial charge in [-0.1, -0.05) is 0 Å². The number of rotatable bonds is 2. The summed E-state index contributed by atoms with van der Waals surface area (Å²) in [5.74, 6) is -1.27. The van der Waals surface area contributed by atoms with Crippen LogP contribution >= 0.6 is 0 Å². The van der Waals surface area contributed by atoms with Gasteiger partial charge in [-0.25, -0.2) is 0 Å². The van der Waals surface area contributed by atoms with E-state index in [9.17, 15) is 9.59 Å². The third-order valence-corrected chi connectivity index (χ3v) is 3.22. The highest BCUT2D eigenvalue weighted by Crippen LogP contribution is 2.23. The maximum Gasteiger partial charge on any atom is 0.308 e. The monoisotopic (exact) mass is 237 g/mol. The lowest BCUT2D eigenvalue weighted by Gasteiger charge is -2.35. The maximum atomic E-state index is 12.1. The van der Waals surface area contributed by atoms with Crippen LogP contribution in [-0.4, -0.2) is 34.5 Å². The van der Waals surface area contributed by atoms with Crippen molar-refractivity contribution in [1.29, 1.82) is 0 Å². The summed E-state index contributed by atoms with van der Waals surface area (Å²) in [5.41, 5.74) is 0. The van der Waals surface area contributed by atoms with Crippen LogP contribution < -0.4 is 0 Å². The highest BCUT2D eigenvalue weighted by molar-refractivity contribution is 5.92. The van der Waals surface area contributed by atoms with Gasteiger partial charge in [-0.2, -0.15) is 0 Å². The van der Waals surface area contributed by atoms with Crippen molar-refractivity contribution in [2.24, 2.45) is 5.92 Å². The molecule has 2 rings (SSSR count). The zero-order chi connectivity index (χ0) is 12.4. The molecule has 1 aromatic rings. The largest absolute Gasteiger partial charge is 0.481 e. The summed E-state index contributed by atoms with van der Waals surface area (Å²) < 4.78 is 5.05. The lowest BCUT2D eigenvalue weighted by atomic mass is 9.93. The van der Waals surface area contributed by atoms with Gasteiger partial charge in [0.2, 0.25) is 0 Å². The summed E-state index contributed by atoms with van der Waals surface area (Å²) in [4.78, 5) is 24.6. The fraction of sp³-hybridized carbons (Fsp3) is 0.500. The van der Waals surface area contributed by atoms with Crippen LogP contribution in [0.5, 0.6) is 0 Å². The van der Waals surface area contributed by atoms with Gasteiger partial charge < -0.3 is 14.4 Å². The average molecular weight is 237 g/mol. The zero-order valence-electron chi connectivity index (χ0n) is 9.63. The first-order chi connectivity index (χ1) is 8.09. The van der Waals surface area contributed by atoms with Gasteiger partial charge in [0.15, 0.2) is 5.76 Å². The molecular weight excluding hydrogens is 222 g/mol. The summed E-state index contributed by atoms with van der Waals surface area (Å²) in [5, 5.41) is 8.99. The summed E-state index contributed by atoms with van der Waals surface area (Å²) in [6.07, 6.45) is 2.78. The van der Waals surface area contributed by atoms with Crippen molar-refractivity contribution >= 4 is 11.9 Å². The molecule has 92 valence electrons. The molecule has 0 aliphatic carbocycles. The van der Waals surface area contributed by atoms with E-state index in [4.69, 9.17) is 9.52 Å². The number of amides is 1. The van der Waals surface area contributed by atoms with Crippen LogP contribution in [0.3, 0.4) is 0 Å². The molecule has 1 amide bonds. The van der Waals surface area contributed by atoms with Crippen molar-refractivity contribution in [3.05, 3.63) is 24.2 Å². The molecule has 2 atom stereocenters. The second-order valence-corrected chi connectivity index (χ2v) is 4.40. The molecule has 1 saturated heterocycles. The van der Waals surface area contributed by atoms with Crippen LogP contribution in [0, 0.1) is 5.92 Å². The molecular formula is C12H15NO4. The summed E-state index contributed by atoms with van der Waals surface area (Å²) >= 11 is 0. The van der Waals surface area contributed by atoms with Crippen LogP contribution in [0.1, 0.15) is 30.3 Å². The molecule has 0 spiro atoms. The lowest BCUT2D eigenvalue weighted by Crippen LogP contribution is -2.47. The molecule has 5 heteroatoms. The highest BCUT2D eigenvalue weighted by atomic mass is 16.4. The number of nitrogens with zero attached hydrogens (tertiary/aromatic N) is 1. The topological polar surface area (TPSA) is 70.8 Å². The number of piperidine rings is 1. The molecule has 1 aromatic heterocycles. The molecule has 0 saturated carbocycles. The van der Waals surface area contributed by atoms with Gasteiger partial charge in [-0.3, -0.25) is 9.59 Å². The number of hydrogen-bond donors (Lipinski definition) is 1. The third kappa shape index (κ3) is 2.33. The predicted molar refractivity (Wildman–Crippen MR) is 59.6 cm³/mol. The molecule has 0 bridgehead atoms. The van der Waals surface area contributed by atoms with E-state index in [-0.39, 0.29) is 24.3 Å². The first-order valence-electron chi connectivity index (χ1n) is 5.67. The summed E-state index contributed by atoms with van der Waals surface area (Å²) in [7, 11) is 0. The Hall–Kier alpha value is -1.78. The van der Waals surface area contributed by atoms with Gasteiger partial charge >= 0.3 is 5.97 Å².